The summed E-state index contributed by atoms with van der Waals surface area (Å²) >= 11 is 5.42. The first kappa shape index (κ1) is 15.0. The summed E-state index contributed by atoms with van der Waals surface area (Å²) in [4.78, 5) is 0. The molecule has 0 amide bonds. The van der Waals surface area contributed by atoms with Crippen molar-refractivity contribution in [2.75, 3.05) is 0 Å². The molecule has 19 heavy (non-hydrogen) atoms. The monoisotopic (exact) mass is 339 g/mol. The Morgan fingerprint density at radius 1 is 1.21 bits per heavy atom. The minimum absolute atomic E-state index is 0.169. The van der Waals surface area contributed by atoms with Crippen LogP contribution in [0.5, 0.6) is 0 Å². The summed E-state index contributed by atoms with van der Waals surface area (Å²) < 4.78 is 2.50. The van der Waals surface area contributed by atoms with Gasteiger partial charge in [-0.2, -0.15) is 0 Å². The second-order valence-corrected chi connectivity index (χ2v) is 6.90. The third kappa shape index (κ3) is 3.21. The van der Waals surface area contributed by atoms with Gasteiger partial charge in [0.2, 0.25) is 0 Å². The number of thiophene rings is 1. The molecule has 0 saturated heterocycles. The molecule has 1 aromatic carbocycles. The van der Waals surface area contributed by atoms with Crippen molar-refractivity contribution in [1.82, 2.24) is 0 Å². The van der Waals surface area contributed by atoms with Crippen molar-refractivity contribution in [2.24, 2.45) is 11.7 Å². The molecule has 2 N–H and O–H groups in total. The van der Waals surface area contributed by atoms with Crippen LogP contribution in [0.15, 0.2) is 28.1 Å². The van der Waals surface area contributed by atoms with Gasteiger partial charge < -0.3 is 5.73 Å². The van der Waals surface area contributed by atoms with Crippen LogP contribution in [0.4, 0.5) is 0 Å². The van der Waals surface area contributed by atoms with E-state index in [1.807, 2.05) is 0 Å². The van der Waals surface area contributed by atoms with Crippen LogP contribution in [0.1, 0.15) is 51.1 Å². The topological polar surface area (TPSA) is 26.0 Å². The fourth-order valence-corrected chi connectivity index (χ4v) is 4.47. The zero-order valence-electron chi connectivity index (χ0n) is 11.7. The van der Waals surface area contributed by atoms with Gasteiger partial charge in [-0.3, -0.25) is 0 Å². The highest BCUT2D eigenvalue weighted by molar-refractivity contribution is 9.10. The van der Waals surface area contributed by atoms with E-state index in [1.165, 1.54) is 45.8 Å². The van der Waals surface area contributed by atoms with Gasteiger partial charge in [-0.1, -0.05) is 38.8 Å². The molecule has 3 heteroatoms. The SMILES string of the molecule is CCCC(CCC)C(N)c1csc2c(Br)cccc12. The molecule has 0 fully saturated rings. The molecule has 1 aromatic heterocycles. The summed E-state index contributed by atoms with van der Waals surface area (Å²) in [5.74, 6) is 0.604. The summed E-state index contributed by atoms with van der Waals surface area (Å²) in [6, 6.07) is 6.57. The Kier molecular flexibility index (Phi) is 5.43. The third-order valence-corrected chi connectivity index (χ3v) is 5.74. The predicted octanol–water partition coefficient (Wildman–Crippen LogP) is 5.88. The molecule has 1 nitrogen and oxygen atoms in total. The van der Waals surface area contributed by atoms with Gasteiger partial charge in [0.05, 0.1) is 0 Å². The lowest BCUT2D eigenvalue weighted by Gasteiger charge is -2.23. The van der Waals surface area contributed by atoms with Gasteiger partial charge in [0.25, 0.3) is 0 Å². The first-order chi connectivity index (χ1) is 9.19. The highest BCUT2D eigenvalue weighted by Gasteiger charge is 2.21. The standard InChI is InChI=1S/C16H22BrNS/c1-3-6-11(7-4-2)15(18)13-10-19-16-12(13)8-5-9-14(16)17/h5,8-11,15H,3-4,6-7,18H2,1-2H3. The van der Waals surface area contributed by atoms with Crippen LogP contribution in [0.2, 0.25) is 0 Å². The van der Waals surface area contributed by atoms with E-state index in [0.717, 1.165) is 0 Å². The Hall–Kier alpha value is -0.380. The number of rotatable bonds is 6. The van der Waals surface area contributed by atoms with E-state index in [9.17, 15) is 0 Å². The molecule has 0 aliphatic heterocycles. The molecule has 0 aliphatic carbocycles. The minimum atomic E-state index is 0.169. The Morgan fingerprint density at radius 3 is 2.53 bits per heavy atom. The molecule has 104 valence electrons. The van der Waals surface area contributed by atoms with E-state index >= 15 is 0 Å². The smallest absolute Gasteiger partial charge is 0.0488 e. The molecule has 1 unspecified atom stereocenters. The van der Waals surface area contributed by atoms with Gasteiger partial charge in [0.15, 0.2) is 0 Å². The van der Waals surface area contributed by atoms with Crippen LogP contribution in [0.3, 0.4) is 0 Å². The lowest BCUT2D eigenvalue weighted by Crippen LogP contribution is -2.21. The maximum Gasteiger partial charge on any atom is 0.0488 e. The number of nitrogens with two attached hydrogens (primary N) is 1. The van der Waals surface area contributed by atoms with Crippen LogP contribution in [-0.4, -0.2) is 0 Å². The number of fused-ring (bicyclic) bond motifs is 1. The quantitative estimate of drug-likeness (QED) is 0.698. The van der Waals surface area contributed by atoms with Crippen LogP contribution in [0.25, 0.3) is 10.1 Å². The Bertz CT molecular complexity index is 529. The van der Waals surface area contributed by atoms with E-state index in [-0.39, 0.29) is 6.04 Å². The summed E-state index contributed by atoms with van der Waals surface area (Å²) in [6.45, 7) is 4.50. The molecular weight excluding hydrogens is 318 g/mol. The van der Waals surface area contributed by atoms with Gasteiger partial charge in [0, 0.05) is 15.2 Å². The van der Waals surface area contributed by atoms with Crippen molar-refractivity contribution < 1.29 is 0 Å². The van der Waals surface area contributed by atoms with Crippen molar-refractivity contribution >= 4 is 37.4 Å². The van der Waals surface area contributed by atoms with Gasteiger partial charge in [-0.05, 0) is 57.1 Å². The van der Waals surface area contributed by atoms with Crippen molar-refractivity contribution in [2.45, 2.75) is 45.6 Å². The summed E-state index contributed by atoms with van der Waals surface area (Å²) in [6.07, 6.45) is 4.87. The number of benzene rings is 1. The number of hydrogen-bond donors (Lipinski definition) is 1. The zero-order valence-corrected chi connectivity index (χ0v) is 14.1. The Morgan fingerprint density at radius 2 is 1.89 bits per heavy atom. The molecule has 1 atom stereocenters. The van der Waals surface area contributed by atoms with E-state index < -0.39 is 0 Å². The first-order valence-electron chi connectivity index (χ1n) is 7.10. The molecule has 0 spiro atoms. The highest BCUT2D eigenvalue weighted by Crippen LogP contribution is 2.38. The number of halogens is 1. The molecule has 0 bridgehead atoms. The molecule has 1 heterocycles. The van der Waals surface area contributed by atoms with Crippen molar-refractivity contribution in [3.63, 3.8) is 0 Å². The van der Waals surface area contributed by atoms with Crippen molar-refractivity contribution in [3.8, 4) is 0 Å². The average Bonchev–Trinajstić information content (AvgIpc) is 2.83. The molecule has 0 saturated carbocycles. The molecule has 0 radical (unpaired) electrons. The normalized spacial score (nSPS) is 13.3. The van der Waals surface area contributed by atoms with Crippen LogP contribution in [0, 0.1) is 5.92 Å². The average molecular weight is 340 g/mol. The zero-order chi connectivity index (χ0) is 13.8. The predicted molar refractivity (Wildman–Crippen MR) is 89.8 cm³/mol. The van der Waals surface area contributed by atoms with E-state index in [2.05, 4.69) is 53.4 Å². The third-order valence-electron chi connectivity index (χ3n) is 3.77. The minimum Gasteiger partial charge on any atom is -0.324 e. The van der Waals surface area contributed by atoms with Gasteiger partial charge in [-0.15, -0.1) is 11.3 Å². The lowest BCUT2D eigenvalue weighted by molar-refractivity contribution is 0.370. The largest absolute Gasteiger partial charge is 0.324 e. The fraction of sp³-hybridized carbons (Fsp3) is 0.500. The van der Waals surface area contributed by atoms with Crippen molar-refractivity contribution in [3.05, 3.63) is 33.6 Å². The van der Waals surface area contributed by atoms with E-state index in [1.54, 1.807) is 11.3 Å². The lowest BCUT2D eigenvalue weighted by atomic mass is 9.87. The first-order valence-corrected chi connectivity index (χ1v) is 8.77. The van der Waals surface area contributed by atoms with Crippen LogP contribution >= 0.6 is 27.3 Å². The maximum absolute atomic E-state index is 6.56. The van der Waals surface area contributed by atoms with E-state index in [0.29, 0.717) is 5.92 Å². The van der Waals surface area contributed by atoms with Crippen LogP contribution in [-0.2, 0) is 0 Å². The maximum atomic E-state index is 6.56. The number of hydrogen-bond acceptors (Lipinski definition) is 2. The molecule has 0 aliphatic rings. The van der Waals surface area contributed by atoms with Crippen molar-refractivity contribution in [1.29, 1.82) is 0 Å². The van der Waals surface area contributed by atoms with Gasteiger partial charge in [0.1, 0.15) is 0 Å². The molecule has 2 rings (SSSR count). The summed E-state index contributed by atoms with van der Waals surface area (Å²) in [5, 5.41) is 3.57. The Labute approximate surface area is 128 Å². The highest BCUT2D eigenvalue weighted by atomic mass is 79.9. The fourth-order valence-electron chi connectivity index (χ4n) is 2.80. The summed E-state index contributed by atoms with van der Waals surface area (Å²) in [7, 11) is 0. The summed E-state index contributed by atoms with van der Waals surface area (Å²) in [5.41, 5.74) is 7.89. The Balaban J connectivity index is 2.34. The van der Waals surface area contributed by atoms with Gasteiger partial charge >= 0.3 is 0 Å². The molecule has 2 aromatic rings. The second kappa shape index (κ2) is 6.87. The van der Waals surface area contributed by atoms with Crippen LogP contribution < -0.4 is 5.73 Å². The molecular formula is C16H22BrNS. The van der Waals surface area contributed by atoms with E-state index in [4.69, 9.17) is 5.73 Å². The second-order valence-electron chi connectivity index (χ2n) is 5.17. The van der Waals surface area contributed by atoms with Gasteiger partial charge in [-0.25, -0.2) is 0 Å².